The van der Waals surface area contributed by atoms with Crippen LogP contribution in [0.25, 0.3) is 0 Å². The zero-order valence-corrected chi connectivity index (χ0v) is 13.2. The second kappa shape index (κ2) is 7.96. The summed E-state index contributed by atoms with van der Waals surface area (Å²) in [6, 6.07) is 10.5. The van der Waals surface area contributed by atoms with Gasteiger partial charge >= 0.3 is 0 Å². The predicted octanol–water partition coefficient (Wildman–Crippen LogP) is 2.46. The van der Waals surface area contributed by atoms with Crippen molar-refractivity contribution in [2.24, 2.45) is 5.10 Å². The minimum Gasteiger partial charge on any atom is -0.507 e. The molecule has 2 N–H and O–H groups in total. The lowest BCUT2D eigenvalue weighted by atomic mass is 10.1. The number of hydrazone groups is 1. The van der Waals surface area contributed by atoms with E-state index < -0.39 is 11.7 Å². The van der Waals surface area contributed by atoms with Gasteiger partial charge in [0.05, 0.1) is 12.8 Å². The molecule has 0 spiro atoms. The van der Waals surface area contributed by atoms with E-state index in [0.29, 0.717) is 17.0 Å². The minimum atomic E-state index is -0.550. The summed E-state index contributed by atoms with van der Waals surface area (Å²) in [7, 11) is 1.49. The van der Waals surface area contributed by atoms with Crippen molar-refractivity contribution >= 4 is 11.6 Å². The lowest BCUT2D eigenvalue weighted by Gasteiger charge is -2.08. The van der Waals surface area contributed by atoms with Gasteiger partial charge in [-0.15, -0.1) is 0 Å². The monoisotopic (exact) mass is 332 g/mol. The summed E-state index contributed by atoms with van der Waals surface area (Å²) >= 11 is 0. The number of phenols is 1. The highest BCUT2D eigenvalue weighted by Gasteiger charge is 2.08. The summed E-state index contributed by atoms with van der Waals surface area (Å²) in [5.74, 6) is -0.626. The van der Waals surface area contributed by atoms with Crippen molar-refractivity contribution in [3.63, 3.8) is 0 Å². The smallest absolute Gasteiger partial charge is 0.277 e. The first-order valence-corrected chi connectivity index (χ1v) is 7.09. The fourth-order valence-corrected chi connectivity index (χ4v) is 1.89. The Labute approximate surface area is 138 Å². The van der Waals surface area contributed by atoms with E-state index >= 15 is 0 Å². The maximum absolute atomic E-state index is 13.4. The number of rotatable bonds is 6. The number of hydrogen-bond acceptors (Lipinski definition) is 5. The van der Waals surface area contributed by atoms with Crippen LogP contribution in [-0.2, 0) is 4.79 Å². The van der Waals surface area contributed by atoms with Gasteiger partial charge < -0.3 is 14.6 Å². The molecular weight excluding hydrogens is 315 g/mol. The Morgan fingerprint density at radius 1 is 1.29 bits per heavy atom. The van der Waals surface area contributed by atoms with E-state index in [1.54, 1.807) is 25.1 Å². The first-order valence-electron chi connectivity index (χ1n) is 7.09. The largest absolute Gasteiger partial charge is 0.507 e. The molecule has 0 unspecified atom stereocenters. The Morgan fingerprint density at radius 3 is 2.71 bits per heavy atom. The molecule has 2 rings (SSSR count). The number of ether oxygens (including phenoxy) is 2. The number of amides is 1. The molecule has 0 aliphatic heterocycles. The molecule has 0 atom stereocenters. The highest BCUT2D eigenvalue weighted by Crippen LogP contribution is 2.23. The molecule has 0 saturated carbocycles. The van der Waals surface area contributed by atoms with E-state index in [-0.39, 0.29) is 18.1 Å². The summed E-state index contributed by atoms with van der Waals surface area (Å²) in [5.41, 5.74) is 3.13. The third kappa shape index (κ3) is 4.45. The molecule has 24 heavy (non-hydrogen) atoms. The van der Waals surface area contributed by atoms with Gasteiger partial charge in [-0.1, -0.05) is 12.1 Å². The molecule has 7 heteroatoms. The SMILES string of the molecule is COc1ccc(/C(C)=N/NC(=O)COc2ccccc2F)c(O)c1. The zero-order valence-electron chi connectivity index (χ0n) is 13.2. The number of methoxy groups -OCH3 is 1. The first kappa shape index (κ1) is 17.3. The maximum atomic E-state index is 13.4. The van der Waals surface area contributed by atoms with E-state index in [0.717, 1.165) is 0 Å². The van der Waals surface area contributed by atoms with E-state index in [4.69, 9.17) is 9.47 Å². The molecule has 0 bridgehead atoms. The number of carbonyl (C=O) groups is 1. The Bertz CT molecular complexity index is 762. The van der Waals surface area contributed by atoms with Crippen LogP contribution in [0.4, 0.5) is 4.39 Å². The van der Waals surface area contributed by atoms with Crippen LogP contribution < -0.4 is 14.9 Å². The van der Waals surface area contributed by atoms with Gasteiger partial charge in [-0.3, -0.25) is 4.79 Å². The number of nitrogens with zero attached hydrogens (tertiary/aromatic N) is 1. The van der Waals surface area contributed by atoms with E-state index in [2.05, 4.69) is 10.5 Å². The topological polar surface area (TPSA) is 80.2 Å². The van der Waals surface area contributed by atoms with Gasteiger partial charge in [0.1, 0.15) is 11.5 Å². The quantitative estimate of drug-likeness (QED) is 0.629. The van der Waals surface area contributed by atoms with Gasteiger partial charge in [0, 0.05) is 11.6 Å². The fourth-order valence-electron chi connectivity index (χ4n) is 1.89. The Kier molecular flexibility index (Phi) is 5.73. The highest BCUT2D eigenvalue weighted by atomic mass is 19.1. The second-order valence-electron chi connectivity index (χ2n) is 4.83. The molecule has 1 amide bonds. The number of benzene rings is 2. The summed E-state index contributed by atoms with van der Waals surface area (Å²) in [6.07, 6.45) is 0. The summed E-state index contributed by atoms with van der Waals surface area (Å²) in [4.78, 5) is 11.7. The molecule has 0 fully saturated rings. The van der Waals surface area contributed by atoms with Gasteiger partial charge in [0.2, 0.25) is 0 Å². The van der Waals surface area contributed by atoms with Gasteiger partial charge in [0.25, 0.3) is 5.91 Å². The number of carbonyl (C=O) groups excluding carboxylic acids is 1. The number of nitrogens with one attached hydrogen (secondary N) is 1. The van der Waals surface area contributed by atoms with E-state index in [1.807, 2.05) is 0 Å². The van der Waals surface area contributed by atoms with Crippen molar-refractivity contribution in [3.05, 3.63) is 53.8 Å². The molecule has 0 aliphatic rings. The van der Waals surface area contributed by atoms with Crippen LogP contribution in [0, 0.1) is 5.82 Å². The number of halogens is 1. The van der Waals surface area contributed by atoms with Gasteiger partial charge in [-0.2, -0.15) is 5.10 Å². The first-order chi connectivity index (χ1) is 11.5. The van der Waals surface area contributed by atoms with Crippen molar-refractivity contribution in [2.45, 2.75) is 6.92 Å². The number of hydrogen-bond donors (Lipinski definition) is 2. The number of para-hydroxylation sites is 1. The van der Waals surface area contributed by atoms with Gasteiger partial charge in [0.15, 0.2) is 18.2 Å². The molecule has 2 aromatic rings. The molecule has 6 nitrogen and oxygen atoms in total. The van der Waals surface area contributed by atoms with E-state index in [1.165, 1.54) is 31.4 Å². The van der Waals surface area contributed by atoms with Crippen LogP contribution in [0.1, 0.15) is 12.5 Å². The molecule has 0 aliphatic carbocycles. The van der Waals surface area contributed by atoms with Crippen LogP contribution >= 0.6 is 0 Å². The summed E-state index contributed by atoms with van der Waals surface area (Å²) in [5, 5.41) is 13.8. The highest BCUT2D eigenvalue weighted by molar-refractivity contribution is 6.01. The lowest BCUT2D eigenvalue weighted by molar-refractivity contribution is -0.123. The molecule has 0 radical (unpaired) electrons. The van der Waals surface area contributed by atoms with Crippen LogP contribution in [0.2, 0.25) is 0 Å². The van der Waals surface area contributed by atoms with Crippen molar-refractivity contribution in [1.29, 1.82) is 0 Å². The van der Waals surface area contributed by atoms with Gasteiger partial charge in [-0.25, -0.2) is 9.82 Å². The normalized spacial score (nSPS) is 11.0. The van der Waals surface area contributed by atoms with Crippen LogP contribution in [0.15, 0.2) is 47.6 Å². The number of phenolic OH excluding ortho intramolecular Hbond substituents is 1. The zero-order chi connectivity index (χ0) is 17.5. The third-order valence-corrected chi connectivity index (χ3v) is 3.14. The molecule has 0 aromatic heterocycles. The van der Waals surface area contributed by atoms with Crippen LogP contribution in [-0.4, -0.2) is 30.4 Å². The van der Waals surface area contributed by atoms with Crippen molar-refractivity contribution < 1.29 is 23.8 Å². The van der Waals surface area contributed by atoms with Gasteiger partial charge in [-0.05, 0) is 31.2 Å². The Balaban J connectivity index is 1.94. The molecule has 0 heterocycles. The average Bonchev–Trinajstić information content (AvgIpc) is 2.58. The molecule has 0 saturated heterocycles. The summed E-state index contributed by atoms with van der Waals surface area (Å²) < 4.78 is 23.4. The lowest BCUT2D eigenvalue weighted by Crippen LogP contribution is -2.25. The third-order valence-electron chi connectivity index (χ3n) is 3.14. The van der Waals surface area contributed by atoms with Crippen molar-refractivity contribution in [2.75, 3.05) is 13.7 Å². The van der Waals surface area contributed by atoms with Crippen molar-refractivity contribution in [3.8, 4) is 17.2 Å². The number of aromatic hydroxyl groups is 1. The average molecular weight is 332 g/mol. The van der Waals surface area contributed by atoms with Crippen LogP contribution in [0.5, 0.6) is 17.2 Å². The molecule has 2 aromatic carbocycles. The fraction of sp³-hybridized carbons (Fsp3) is 0.176. The Hall–Kier alpha value is -3.09. The maximum Gasteiger partial charge on any atom is 0.277 e. The predicted molar refractivity (Wildman–Crippen MR) is 86.9 cm³/mol. The summed E-state index contributed by atoms with van der Waals surface area (Å²) in [6.45, 7) is 1.24. The van der Waals surface area contributed by atoms with E-state index in [9.17, 15) is 14.3 Å². The second-order valence-corrected chi connectivity index (χ2v) is 4.83. The van der Waals surface area contributed by atoms with Crippen molar-refractivity contribution in [1.82, 2.24) is 5.43 Å². The standard InChI is InChI=1S/C17H17FN2O4/c1-11(13-8-7-12(23-2)9-15(13)21)19-20-17(22)10-24-16-6-4-3-5-14(16)18/h3-9,21H,10H2,1-2H3,(H,20,22)/b19-11+. The molecule has 126 valence electrons. The minimum absolute atomic E-state index is 0.0128. The Morgan fingerprint density at radius 2 is 2.04 bits per heavy atom. The van der Waals surface area contributed by atoms with Crippen LogP contribution in [0.3, 0.4) is 0 Å². The molecular formula is C17H17FN2O4.